The van der Waals surface area contributed by atoms with Gasteiger partial charge in [0.05, 0.1) is 17.1 Å². The molecule has 1 fully saturated rings. The zero-order valence-electron chi connectivity index (χ0n) is 18.1. The zero-order chi connectivity index (χ0) is 23.9. The number of aliphatic hydroxyl groups is 1. The van der Waals surface area contributed by atoms with Gasteiger partial charge in [-0.2, -0.15) is 4.98 Å². The van der Waals surface area contributed by atoms with Gasteiger partial charge in [-0.1, -0.05) is 6.07 Å². The van der Waals surface area contributed by atoms with Crippen LogP contribution < -0.4 is 14.5 Å². The minimum Gasteiger partial charge on any atom is -0.460 e. The van der Waals surface area contributed by atoms with Crippen LogP contribution in [0.5, 0.6) is 11.6 Å². The number of esters is 1. The zero-order valence-corrected chi connectivity index (χ0v) is 18.1. The van der Waals surface area contributed by atoms with E-state index in [1.165, 1.54) is 30.6 Å². The van der Waals surface area contributed by atoms with Crippen molar-refractivity contribution in [1.82, 2.24) is 15.0 Å². The van der Waals surface area contributed by atoms with Crippen LogP contribution in [0.3, 0.4) is 0 Å². The summed E-state index contributed by atoms with van der Waals surface area (Å²) in [6.45, 7) is 1.90. The van der Waals surface area contributed by atoms with Crippen LogP contribution >= 0.6 is 0 Å². The lowest BCUT2D eigenvalue weighted by molar-refractivity contribution is -0.385. The van der Waals surface area contributed by atoms with E-state index < -0.39 is 10.9 Å². The highest BCUT2D eigenvalue weighted by atomic mass is 16.6. The molecule has 3 aromatic rings. The van der Waals surface area contributed by atoms with E-state index in [0.717, 1.165) is 5.82 Å². The highest BCUT2D eigenvalue weighted by Gasteiger charge is 2.31. The first kappa shape index (κ1) is 22.9. The largest absolute Gasteiger partial charge is 0.460 e. The Morgan fingerprint density at radius 3 is 2.41 bits per heavy atom. The van der Waals surface area contributed by atoms with Gasteiger partial charge in [0.1, 0.15) is 24.5 Å². The average Bonchev–Trinajstić information content (AvgIpc) is 2.88. The third-order valence-corrected chi connectivity index (χ3v) is 5.13. The minimum atomic E-state index is -0.597. The number of hydrogen-bond donors (Lipinski definition) is 1. The molecule has 0 spiro atoms. The summed E-state index contributed by atoms with van der Waals surface area (Å²) in [4.78, 5) is 39.6. The van der Waals surface area contributed by atoms with Crippen molar-refractivity contribution < 1.29 is 24.3 Å². The van der Waals surface area contributed by atoms with Crippen LogP contribution in [0.25, 0.3) is 0 Å². The molecule has 0 saturated carbocycles. The van der Waals surface area contributed by atoms with Crippen molar-refractivity contribution in [3.63, 3.8) is 0 Å². The third-order valence-electron chi connectivity index (χ3n) is 5.13. The fraction of sp³-hybridized carbons (Fsp3) is 0.273. The summed E-state index contributed by atoms with van der Waals surface area (Å²) in [6.07, 6.45) is 2.95. The molecule has 1 saturated heterocycles. The van der Waals surface area contributed by atoms with Crippen molar-refractivity contribution in [3.05, 3.63) is 70.7 Å². The molecule has 1 aliphatic heterocycles. The molecule has 1 aliphatic rings. The quantitative estimate of drug-likeness (QED) is 0.296. The normalized spacial score (nSPS) is 13.4. The molecular formula is C22H22N6O6. The van der Waals surface area contributed by atoms with Gasteiger partial charge in [0.25, 0.3) is 0 Å². The number of rotatable bonds is 8. The van der Waals surface area contributed by atoms with Crippen molar-refractivity contribution in [1.29, 1.82) is 0 Å². The number of piperazine rings is 1. The molecule has 176 valence electrons. The summed E-state index contributed by atoms with van der Waals surface area (Å²) >= 11 is 0. The fourth-order valence-corrected chi connectivity index (χ4v) is 3.50. The molecular weight excluding hydrogens is 444 g/mol. The number of nitrogens with zero attached hydrogens (tertiary/aromatic N) is 6. The maximum Gasteiger partial charge on any atom is 0.373 e. The summed E-state index contributed by atoms with van der Waals surface area (Å²) in [5.74, 6) is 0.497. The van der Waals surface area contributed by atoms with Crippen molar-refractivity contribution in [2.75, 3.05) is 49.2 Å². The fourth-order valence-electron chi connectivity index (χ4n) is 3.50. The Balaban J connectivity index is 1.50. The third kappa shape index (κ3) is 5.18. The number of anilines is 2. The van der Waals surface area contributed by atoms with Crippen LogP contribution in [0.1, 0.15) is 10.4 Å². The van der Waals surface area contributed by atoms with Crippen molar-refractivity contribution in [2.24, 2.45) is 0 Å². The molecule has 12 nitrogen and oxygen atoms in total. The topological polar surface area (TPSA) is 144 Å². The van der Waals surface area contributed by atoms with Crippen LogP contribution in [-0.2, 0) is 4.74 Å². The molecule has 0 amide bonds. The predicted molar refractivity (Wildman–Crippen MR) is 121 cm³/mol. The van der Waals surface area contributed by atoms with Gasteiger partial charge in [-0.05, 0) is 36.4 Å². The molecule has 0 aliphatic carbocycles. The van der Waals surface area contributed by atoms with E-state index in [9.17, 15) is 14.9 Å². The Hall–Kier alpha value is -4.32. The Kier molecular flexibility index (Phi) is 7.08. The Labute approximate surface area is 194 Å². The Morgan fingerprint density at radius 1 is 1.03 bits per heavy atom. The molecule has 3 heterocycles. The monoisotopic (exact) mass is 466 g/mol. The van der Waals surface area contributed by atoms with Gasteiger partial charge in [0.2, 0.25) is 5.82 Å². The molecule has 0 atom stereocenters. The smallest absolute Gasteiger partial charge is 0.373 e. The van der Waals surface area contributed by atoms with Gasteiger partial charge in [-0.3, -0.25) is 10.1 Å². The number of carbonyl (C=O) groups excluding carboxylic acids is 1. The molecule has 0 bridgehead atoms. The lowest BCUT2D eigenvalue weighted by Gasteiger charge is -2.35. The molecule has 1 N–H and O–H groups in total. The molecule has 1 aromatic carbocycles. The van der Waals surface area contributed by atoms with Crippen LogP contribution in [0.15, 0.2) is 55.0 Å². The highest BCUT2D eigenvalue weighted by Crippen LogP contribution is 2.36. The second-order valence-corrected chi connectivity index (χ2v) is 7.26. The standard InChI is InChI=1S/C22H22N6O6/c29-13-14-33-22(30)16-4-6-17(7-5-16)34-21-19(28(31)32)20(24-15-25-21)27-11-9-26(10-12-27)18-3-1-2-8-23-18/h1-8,15,29H,9-14H2. The first-order valence-corrected chi connectivity index (χ1v) is 10.5. The summed E-state index contributed by atoms with van der Waals surface area (Å²) in [5.41, 5.74) is -0.0790. The number of ether oxygens (including phenoxy) is 2. The molecule has 0 radical (unpaired) electrons. The average molecular weight is 466 g/mol. The number of carbonyl (C=O) groups is 1. The Bertz CT molecular complexity index is 1140. The number of nitro groups is 1. The summed E-state index contributed by atoms with van der Waals surface area (Å²) < 4.78 is 10.5. The van der Waals surface area contributed by atoms with E-state index in [2.05, 4.69) is 19.9 Å². The van der Waals surface area contributed by atoms with E-state index in [-0.39, 0.29) is 41.9 Å². The number of hydrogen-bond acceptors (Lipinski definition) is 11. The van der Waals surface area contributed by atoms with Gasteiger partial charge < -0.3 is 24.4 Å². The summed E-state index contributed by atoms with van der Waals surface area (Å²) in [6, 6.07) is 11.6. The molecule has 4 rings (SSSR count). The van der Waals surface area contributed by atoms with Gasteiger partial charge in [-0.25, -0.2) is 14.8 Å². The van der Waals surface area contributed by atoms with E-state index in [1.54, 1.807) is 6.20 Å². The van der Waals surface area contributed by atoms with Crippen molar-refractivity contribution >= 4 is 23.3 Å². The lowest BCUT2D eigenvalue weighted by atomic mass is 10.2. The molecule has 2 aromatic heterocycles. The second kappa shape index (κ2) is 10.5. The summed E-state index contributed by atoms with van der Waals surface area (Å²) in [5, 5.41) is 20.7. The SMILES string of the molecule is O=C(OCCO)c1ccc(Oc2ncnc(N3CCN(c4ccccn4)CC3)c2[N+](=O)[O-])cc1. The number of aromatic nitrogens is 3. The van der Waals surface area contributed by atoms with Crippen molar-refractivity contribution in [3.8, 4) is 11.6 Å². The van der Waals surface area contributed by atoms with Gasteiger partial charge in [0.15, 0.2) is 0 Å². The van der Waals surface area contributed by atoms with Crippen LogP contribution in [0, 0.1) is 10.1 Å². The van der Waals surface area contributed by atoms with Gasteiger partial charge in [0, 0.05) is 32.4 Å². The number of pyridine rings is 1. The predicted octanol–water partition coefficient (Wildman–Crippen LogP) is 2.05. The van der Waals surface area contributed by atoms with E-state index in [0.29, 0.717) is 26.2 Å². The van der Waals surface area contributed by atoms with Crippen LogP contribution in [-0.4, -0.2) is 70.3 Å². The van der Waals surface area contributed by atoms with Gasteiger partial charge >= 0.3 is 17.5 Å². The molecule has 0 unspecified atom stereocenters. The van der Waals surface area contributed by atoms with Crippen molar-refractivity contribution in [2.45, 2.75) is 0 Å². The first-order valence-electron chi connectivity index (χ1n) is 10.5. The molecule has 34 heavy (non-hydrogen) atoms. The molecule has 12 heteroatoms. The Morgan fingerprint density at radius 2 is 1.76 bits per heavy atom. The van der Waals surface area contributed by atoms with Gasteiger partial charge in [-0.15, -0.1) is 0 Å². The second-order valence-electron chi connectivity index (χ2n) is 7.26. The van der Waals surface area contributed by atoms with E-state index in [1.807, 2.05) is 23.1 Å². The number of aliphatic hydroxyl groups excluding tert-OH is 1. The van der Waals surface area contributed by atoms with E-state index in [4.69, 9.17) is 14.6 Å². The van der Waals surface area contributed by atoms with E-state index >= 15 is 0 Å². The van der Waals surface area contributed by atoms with Crippen LogP contribution in [0.4, 0.5) is 17.3 Å². The minimum absolute atomic E-state index is 0.108. The maximum absolute atomic E-state index is 11.9. The first-order chi connectivity index (χ1) is 16.6. The highest BCUT2D eigenvalue weighted by molar-refractivity contribution is 5.89. The lowest BCUT2D eigenvalue weighted by Crippen LogP contribution is -2.47. The number of benzene rings is 1. The maximum atomic E-state index is 11.9. The summed E-state index contributed by atoms with van der Waals surface area (Å²) in [7, 11) is 0. The van der Waals surface area contributed by atoms with Crippen LogP contribution in [0.2, 0.25) is 0 Å².